The maximum absolute atomic E-state index is 8.34. The molecule has 0 bridgehead atoms. The summed E-state index contributed by atoms with van der Waals surface area (Å²) in [5.41, 5.74) is 0. The highest BCUT2D eigenvalue weighted by atomic mass is 15.5. The van der Waals surface area contributed by atoms with Gasteiger partial charge in [0.05, 0.1) is 0 Å². The molecule has 1 heterocycles. The van der Waals surface area contributed by atoms with E-state index in [1.807, 2.05) is 11.1 Å². The van der Waals surface area contributed by atoms with Crippen molar-refractivity contribution in [2.45, 2.75) is 45.2 Å². The van der Waals surface area contributed by atoms with Crippen LogP contribution in [0, 0.1) is 11.3 Å². The first kappa shape index (κ1) is 9.05. The summed E-state index contributed by atoms with van der Waals surface area (Å²) in [5, 5.41) is 14.5. The molecule has 2 atom stereocenters. The van der Waals surface area contributed by atoms with E-state index in [0.29, 0.717) is 12.1 Å². The van der Waals surface area contributed by atoms with Crippen molar-refractivity contribution < 1.29 is 0 Å². The minimum absolute atomic E-state index is 0.485. The van der Waals surface area contributed by atoms with E-state index in [0.717, 1.165) is 0 Å². The third-order valence-corrected chi connectivity index (χ3v) is 2.40. The molecule has 0 amide bonds. The summed E-state index contributed by atoms with van der Waals surface area (Å²) in [7, 11) is 0. The van der Waals surface area contributed by atoms with E-state index in [1.54, 1.807) is 0 Å². The molecule has 1 aliphatic rings. The fraction of sp³-hybridized carbons (Fsp3) is 0.778. The Balaban J connectivity index is 2.58. The third-order valence-electron chi connectivity index (χ3n) is 2.40. The van der Waals surface area contributed by atoms with Crippen LogP contribution in [0.2, 0.25) is 0 Å². The first-order valence-corrected chi connectivity index (χ1v) is 4.46. The first-order valence-electron chi connectivity index (χ1n) is 4.46. The van der Waals surface area contributed by atoms with Crippen molar-refractivity contribution in [1.82, 2.24) is 5.01 Å². The van der Waals surface area contributed by atoms with Crippen LogP contribution in [0.1, 0.15) is 33.1 Å². The van der Waals surface area contributed by atoms with Gasteiger partial charge in [0.15, 0.2) is 0 Å². The Bertz CT molecular complexity index is 194. The van der Waals surface area contributed by atoms with E-state index in [1.165, 1.54) is 25.5 Å². The molecule has 0 radical (unpaired) electrons. The lowest BCUT2D eigenvalue weighted by molar-refractivity contribution is 0.109. The Morgan fingerprint density at radius 3 is 2.50 bits per heavy atom. The smallest absolute Gasteiger partial charge is 0.124 e. The molecule has 0 aliphatic carbocycles. The minimum Gasteiger partial charge on any atom is -0.291 e. The summed E-state index contributed by atoms with van der Waals surface area (Å²) >= 11 is 0. The standard InChI is InChI=1S/C9H15N3/c1-8-4-3-5-9(2)12(8)11-7-6-10/h7-9H,3-5H2,1-2H3. The van der Waals surface area contributed by atoms with Gasteiger partial charge in [0, 0.05) is 12.1 Å². The van der Waals surface area contributed by atoms with E-state index >= 15 is 0 Å². The number of nitriles is 1. The summed E-state index contributed by atoms with van der Waals surface area (Å²) in [4.78, 5) is 0. The van der Waals surface area contributed by atoms with Crippen LogP contribution in [0.25, 0.3) is 0 Å². The second-order valence-electron chi connectivity index (χ2n) is 3.38. The van der Waals surface area contributed by atoms with E-state index in [2.05, 4.69) is 18.9 Å². The Morgan fingerprint density at radius 1 is 1.42 bits per heavy atom. The molecular formula is C9H15N3. The second-order valence-corrected chi connectivity index (χ2v) is 3.38. The van der Waals surface area contributed by atoms with E-state index in [9.17, 15) is 0 Å². The summed E-state index contributed by atoms with van der Waals surface area (Å²) in [6.07, 6.45) is 4.97. The van der Waals surface area contributed by atoms with Gasteiger partial charge in [0.1, 0.15) is 12.3 Å². The predicted octanol–water partition coefficient (Wildman–Crippen LogP) is 1.76. The lowest BCUT2D eigenvalue weighted by Gasteiger charge is -2.36. The molecule has 1 fully saturated rings. The SMILES string of the molecule is CC1CCCC(C)N1N=CC#N. The van der Waals surface area contributed by atoms with Gasteiger partial charge in [0.2, 0.25) is 0 Å². The highest BCUT2D eigenvalue weighted by molar-refractivity contribution is 5.74. The molecule has 0 N–H and O–H groups in total. The number of hydrogen-bond donors (Lipinski definition) is 0. The van der Waals surface area contributed by atoms with Gasteiger partial charge in [-0.3, -0.25) is 5.01 Å². The molecule has 3 heteroatoms. The zero-order valence-electron chi connectivity index (χ0n) is 7.70. The maximum Gasteiger partial charge on any atom is 0.124 e. The Labute approximate surface area is 73.7 Å². The van der Waals surface area contributed by atoms with Crippen molar-refractivity contribution in [3.63, 3.8) is 0 Å². The zero-order valence-corrected chi connectivity index (χ0v) is 7.70. The highest BCUT2D eigenvalue weighted by Crippen LogP contribution is 2.21. The Kier molecular flexibility index (Phi) is 3.09. The van der Waals surface area contributed by atoms with Crippen LogP contribution in [0.5, 0.6) is 0 Å². The predicted molar refractivity (Wildman–Crippen MR) is 48.7 cm³/mol. The second kappa shape index (κ2) is 4.10. The van der Waals surface area contributed by atoms with Gasteiger partial charge in [-0.25, -0.2) is 0 Å². The molecule has 12 heavy (non-hydrogen) atoms. The van der Waals surface area contributed by atoms with Crippen molar-refractivity contribution in [3.8, 4) is 6.07 Å². The van der Waals surface area contributed by atoms with Gasteiger partial charge in [-0.15, -0.1) is 0 Å². The highest BCUT2D eigenvalue weighted by Gasteiger charge is 2.22. The first-order chi connectivity index (χ1) is 5.75. The van der Waals surface area contributed by atoms with Crippen LogP contribution >= 0.6 is 0 Å². The monoisotopic (exact) mass is 165 g/mol. The van der Waals surface area contributed by atoms with Crippen molar-refractivity contribution in [2.24, 2.45) is 5.10 Å². The summed E-state index contributed by atoms with van der Waals surface area (Å²) in [6, 6.07) is 2.89. The van der Waals surface area contributed by atoms with E-state index < -0.39 is 0 Å². The van der Waals surface area contributed by atoms with E-state index in [4.69, 9.17) is 5.26 Å². The van der Waals surface area contributed by atoms with Gasteiger partial charge in [-0.2, -0.15) is 10.4 Å². The van der Waals surface area contributed by atoms with Gasteiger partial charge >= 0.3 is 0 Å². The number of nitrogens with zero attached hydrogens (tertiary/aromatic N) is 3. The summed E-state index contributed by atoms with van der Waals surface area (Å²) in [6.45, 7) is 4.31. The third kappa shape index (κ3) is 1.97. The molecule has 0 saturated carbocycles. The fourth-order valence-electron chi connectivity index (χ4n) is 1.73. The average Bonchev–Trinajstić information content (AvgIpc) is 2.04. The summed E-state index contributed by atoms with van der Waals surface area (Å²) in [5.74, 6) is 0. The van der Waals surface area contributed by atoms with E-state index in [-0.39, 0.29) is 0 Å². The van der Waals surface area contributed by atoms with Gasteiger partial charge in [0.25, 0.3) is 0 Å². The largest absolute Gasteiger partial charge is 0.291 e. The molecule has 3 nitrogen and oxygen atoms in total. The molecule has 0 aromatic carbocycles. The molecule has 1 rings (SSSR count). The molecule has 1 aliphatic heterocycles. The van der Waals surface area contributed by atoms with Crippen LogP contribution < -0.4 is 0 Å². The Morgan fingerprint density at radius 2 is 2.00 bits per heavy atom. The maximum atomic E-state index is 8.34. The van der Waals surface area contributed by atoms with Gasteiger partial charge < -0.3 is 0 Å². The van der Waals surface area contributed by atoms with Crippen LogP contribution in [0.3, 0.4) is 0 Å². The van der Waals surface area contributed by atoms with Gasteiger partial charge in [-0.1, -0.05) is 0 Å². The van der Waals surface area contributed by atoms with Crippen LogP contribution in [0.4, 0.5) is 0 Å². The molecule has 0 aromatic heterocycles. The fourth-order valence-corrected chi connectivity index (χ4v) is 1.73. The number of piperidine rings is 1. The molecule has 66 valence electrons. The van der Waals surface area contributed by atoms with Crippen LogP contribution in [-0.2, 0) is 0 Å². The minimum atomic E-state index is 0.485. The number of rotatable bonds is 1. The summed E-state index contributed by atoms with van der Waals surface area (Å²) < 4.78 is 0. The Hall–Kier alpha value is -1.04. The van der Waals surface area contributed by atoms with Crippen LogP contribution in [0.15, 0.2) is 5.10 Å². The number of hydrogen-bond acceptors (Lipinski definition) is 3. The van der Waals surface area contributed by atoms with Gasteiger partial charge in [-0.05, 0) is 33.1 Å². The lowest BCUT2D eigenvalue weighted by Crippen LogP contribution is -2.39. The van der Waals surface area contributed by atoms with Crippen molar-refractivity contribution >= 4 is 6.21 Å². The topological polar surface area (TPSA) is 39.4 Å². The quantitative estimate of drug-likeness (QED) is 0.555. The molecule has 2 unspecified atom stereocenters. The molecular weight excluding hydrogens is 150 g/mol. The number of hydrazone groups is 1. The van der Waals surface area contributed by atoms with Crippen molar-refractivity contribution in [3.05, 3.63) is 0 Å². The van der Waals surface area contributed by atoms with Crippen molar-refractivity contribution in [1.29, 1.82) is 5.26 Å². The zero-order chi connectivity index (χ0) is 8.97. The van der Waals surface area contributed by atoms with Crippen molar-refractivity contribution in [2.75, 3.05) is 0 Å². The normalized spacial score (nSPS) is 30.6. The molecule has 1 saturated heterocycles. The average molecular weight is 165 g/mol. The molecule has 0 aromatic rings. The lowest BCUT2D eigenvalue weighted by atomic mass is 10.00. The van der Waals surface area contributed by atoms with Crippen LogP contribution in [-0.4, -0.2) is 23.3 Å². The molecule has 0 spiro atoms.